The SMILES string of the molecule is Cn1nccc1CCN1C(=O)C(=O)c2cc(Cl)ccc21. The summed E-state index contributed by atoms with van der Waals surface area (Å²) in [5.41, 5.74) is 2.02. The Morgan fingerprint density at radius 2 is 2.05 bits per heavy atom. The van der Waals surface area contributed by atoms with Crippen LogP contribution in [0.15, 0.2) is 30.5 Å². The number of benzene rings is 1. The van der Waals surface area contributed by atoms with E-state index in [2.05, 4.69) is 5.10 Å². The topological polar surface area (TPSA) is 55.2 Å². The maximum absolute atomic E-state index is 12.0. The van der Waals surface area contributed by atoms with E-state index in [0.717, 1.165) is 5.69 Å². The average molecular weight is 290 g/mol. The summed E-state index contributed by atoms with van der Waals surface area (Å²) in [7, 11) is 1.85. The molecule has 20 heavy (non-hydrogen) atoms. The molecule has 1 aromatic carbocycles. The van der Waals surface area contributed by atoms with E-state index < -0.39 is 11.7 Å². The summed E-state index contributed by atoms with van der Waals surface area (Å²) in [5.74, 6) is -0.989. The van der Waals surface area contributed by atoms with Gasteiger partial charge in [0, 0.05) is 36.9 Å². The maximum Gasteiger partial charge on any atom is 0.299 e. The lowest BCUT2D eigenvalue weighted by atomic mass is 10.1. The molecular weight excluding hydrogens is 278 g/mol. The van der Waals surface area contributed by atoms with Gasteiger partial charge in [-0.15, -0.1) is 0 Å². The molecule has 0 bridgehead atoms. The van der Waals surface area contributed by atoms with Crippen LogP contribution in [0, 0.1) is 0 Å². The highest BCUT2D eigenvalue weighted by atomic mass is 35.5. The lowest BCUT2D eigenvalue weighted by Gasteiger charge is -2.16. The summed E-state index contributed by atoms with van der Waals surface area (Å²) >= 11 is 5.87. The Hall–Kier alpha value is -2.14. The molecule has 6 heteroatoms. The second kappa shape index (κ2) is 4.76. The molecule has 0 atom stereocenters. The second-order valence-electron chi connectivity index (χ2n) is 4.64. The monoisotopic (exact) mass is 289 g/mol. The number of nitrogens with zero attached hydrogens (tertiary/aromatic N) is 3. The van der Waals surface area contributed by atoms with Crippen LogP contribution in [0.1, 0.15) is 16.1 Å². The van der Waals surface area contributed by atoms with Gasteiger partial charge < -0.3 is 4.90 Å². The van der Waals surface area contributed by atoms with Crippen LogP contribution in [0.5, 0.6) is 0 Å². The molecular formula is C14H12ClN3O2. The van der Waals surface area contributed by atoms with E-state index in [-0.39, 0.29) is 0 Å². The number of ketones is 1. The van der Waals surface area contributed by atoms with Crippen LogP contribution in [0.4, 0.5) is 5.69 Å². The number of Topliss-reactive ketones (excluding diaryl/α,β-unsaturated/α-hetero) is 1. The van der Waals surface area contributed by atoms with Crippen molar-refractivity contribution in [3.05, 3.63) is 46.7 Å². The van der Waals surface area contributed by atoms with Gasteiger partial charge in [0.2, 0.25) is 0 Å². The van der Waals surface area contributed by atoms with E-state index in [1.54, 1.807) is 29.1 Å². The number of carbonyl (C=O) groups excluding carboxylic acids is 2. The van der Waals surface area contributed by atoms with Crippen molar-refractivity contribution >= 4 is 29.0 Å². The van der Waals surface area contributed by atoms with Gasteiger partial charge in [0.15, 0.2) is 0 Å². The highest BCUT2D eigenvalue weighted by Crippen LogP contribution is 2.31. The smallest absolute Gasteiger partial charge is 0.299 e. The predicted octanol–water partition coefficient (Wildman–Crippen LogP) is 1.85. The Morgan fingerprint density at radius 1 is 1.25 bits per heavy atom. The number of halogens is 1. The zero-order chi connectivity index (χ0) is 14.3. The number of fused-ring (bicyclic) bond motifs is 1. The van der Waals surface area contributed by atoms with Crippen LogP contribution in [0.3, 0.4) is 0 Å². The largest absolute Gasteiger partial charge is 0.304 e. The van der Waals surface area contributed by atoms with Crippen LogP contribution in [-0.4, -0.2) is 28.0 Å². The fourth-order valence-corrected chi connectivity index (χ4v) is 2.54. The van der Waals surface area contributed by atoms with E-state index in [1.165, 1.54) is 4.90 Å². The van der Waals surface area contributed by atoms with Crippen molar-refractivity contribution < 1.29 is 9.59 Å². The Labute approximate surface area is 120 Å². The van der Waals surface area contributed by atoms with Gasteiger partial charge in [-0.25, -0.2) is 0 Å². The molecule has 2 aromatic rings. The molecule has 0 spiro atoms. The molecule has 1 aliphatic heterocycles. The Kier molecular flexibility index (Phi) is 3.06. The fourth-order valence-electron chi connectivity index (χ4n) is 2.37. The van der Waals surface area contributed by atoms with Gasteiger partial charge in [-0.2, -0.15) is 5.10 Å². The van der Waals surface area contributed by atoms with E-state index >= 15 is 0 Å². The van der Waals surface area contributed by atoms with Gasteiger partial charge >= 0.3 is 0 Å². The number of carbonyl (C=O) groups is 2. The first-order valence-electron chi connectivity index (χ1n) is 6.20. The lowest BCUT2D eigenvalue weighted by molar-refractivity contribution is -0.114. The van der Waals surface area contributed by atoms with Crippen molar-refractivity contribution in [3.8, 4) is 0 Å². The number of rotatable bonds is 3. The molecule has 0 unspecified atom stereocenters. The van der Waals surface area contributed by atoms with Gasteiger partial charge in [0.1, 0.15) is 0 Å². The molecule has 102 valence electrons. The highest BCUT2D eigenvalue weighted by molar-refractivity contribution is 6.52. The van der Waals surface area contributed by atoms with E-state index in [1.807, 2.05) is 13.1 Å². The third-order valence-electron chi connectivity index (χ3n) is 3.45. The van der Waals surface area contributed by atoms with E-state index in [9.17, 15) is 9.59 Å². The normalized spacial score (nSPS) is 14.0. The highest BCUT2D eigenvalue weighted by Gasteiger charge is 2.35. The number of aryl methyl sites for hydroxylation is 1. The van der Waals surface area contributed by atoms with Crippen LogP contribution >= 0.6 is 11.6 Å². The molecule has 0 saturated heterocycles. The van der Waals surface area contributed by atoms with Crippen LogP contribution in [0.2, 0.25) is 5.02 Å². The van der Waals surface area contributed by atoms with Gasteiger partial charge in [0.05, 0.1) is 11.3 Å². The summed E-state index contributed by atoms with van der Waals surface area (Å²) in [4.78, 5) is 25.4. The van der Waals surface area contributed by atoms with Crippen molar-refractivity contribution in [2.24, 2.45) is 7.05 Å². The Morgan fingerprint density at radius 3 is 2.75 bits per heavy atom. The van der Waals surface area contributed by atoms with Crippen molar-refractivity contribution in [1.82, 2.24) is 9.78 Å². The molecule has 0 aliphatic carbocycles. The minimum atomic E-state index is -0.496. The molecule has 3 rings (SSSR count). The number of hydrogen-bond donors (Lipinski definition) is 0. The van der Waals surface area contributed by atoms with E-state index in [4.69, 9.17) is 11.6 Å². The van der Waals surface area contributed by atoms with Crippen LogP contribution in [0.25, 0.3) is 0 Å². The van der Waals surface area contributed by atoms with Crippen LogP contribution in [-0.2, 0) is 18.3 Å². The van der Waals surface area contributed by atoms with Crippen molar-refractivity contribution in [2.45, 2.75) is 6.42 Å². The third-order valence-corrected chi connectivity index (χ3v) is 3.68. The predicted molar refractivity (Wildman–Crippen MR) is 75.0 cm³/mol. The maximum atomic E-state index is 12.0. The van der Waals surface area contributed by atoms with Gasteiger partial charge in [-0.05, 0) is 24.3 Å². The van der Waals surface area contributed by atoms with Crippen LogP contribution < -0.4 is 4.90 Å². The molecule has 0 N–H and O–H groups in total. The zero-order valence-electron chi connectivity index (χ0n) is 10.8. The van der Waals surface area contributed by atoms with Gasteiger partial charge in [0.25, 0.3) is 11.7 Å². The number of aromatic nitrogens is 2. The Balaban J connectivity index is 1.86. The molecule has 1 aromatic heterocycles. The third kappa shape index (κ3) is 2.00. The zero-order valence-corrected chi connectivity index (χ0v) is 11.6. The molecule has 2 heterocycles. The van der Waals surface area contributed by atoms with E-state index in [0.29, 0.717) is 29.2 Å². The molecule has 1 amide bonds. The van der Waals surface area contributed by atoms with Gasteiger partial charge in [-0.1, -0.05) is 11.6 Å². The second-order valence-corrected chi connectivity index (χ2v) is 5.08. The quantitative estimate of drug-likeness (QED) is 0.810. The number of anilines is 1. The van der Waals surface area contributed by atoms with Crippen molar-refractivity contribution in [3.63, 3.8) is 0 Å². The minimum absolute atomic E-state index is 0.382. The Bertz CT molecular complexity index is 708. The first-order chi connectivity index (χ1) is 9.58. The summed E-state index contributed by atoms with van der Waals surface area (Å²) < 4.78 is 1.76. The molecule has 0 fully saturated rings. The van der Waals surface area contributed by atoms with Gasteiger partial charge in [-0.3, -0.25) is 14.3 Å². The standard InChI is InChI=1S/C14H12ClN3O2/c1-17-10(4-6-16-17)5-7-18-12-3-2-9(15)8-11(12)13(19)14(18)20/h2-4,6,8H,5,7H2,1H3. The first-order valence-corrected chi connectivity index (χ1v) is 6.58. The number of amides is 1. The molecule has 5 nitrogen and oxygen atoms in total. The molecule has 1 aliphatic rings. The van der Waals surface area contributed by atoms with Crippen molar-refractivity contribution in [2.75, 3.05) is 11.4 Å². The summed E-state index contributed by atoms with van der Waals surface area (Å²) in [6.07, 6.45) is 2.34. The minimum Gasteiger partial charge on any atom is -0.304 e. The molecule has 0 saturated carbocycles. The average Bonchev–Trinajstić information content (AvgIpc) is 2.93. The number of hydrogen-bond acceptors (Lipinski definition) is 3. The summed E-state index contributed by atoms with van der Waals surface area (Å²) in [5, 5.41) is 4.54. The summed E-state index contributed by atoms with van der Waals surface area (Å²) in [6, 6.07) is 6.83. The fraction of sp³-hybridized carbons (Fsp3) is 0.214. The molecule has 0 radical (unpaired) electrons. The lowest BCUT2D eigenvalue weighted by Crippen LogP contribution is -2.32. The summed E-state index contributed by atoms with van der Waals surface area (Å²) in [6.45, 7) is 0.443. The van der Waals surface area contributed by atoms with Crippen molar-refractivity contribution in [1.29, 1.82) is 0 Å². The first kappa shape index (κ1) is 12.9.